The molecular weight excluding hydrogens is 254 g/mol. The van der Waals surface area contributed by atoms with Crippen molar-refractivity contribution < 1.29 is 0 Å². The van der Waals surface area contributed by atoms with Crippen molar-refractivity contribution in [3.8, 4) is 6.07 Å². The quantitative estimate of drug-likeness (QED) is 0.789. The fourth-order valence-corrected chi connectivity index (χ4v) is 3.39. The lowest BCUT2D eigenvalue weighted by atomic mass is 9.69. The molecule has 3 rings (SSSR count). The van der Waals surface area contributed by atoms with E-state index in [2.05, 4.69) is 62.4 Å². The lowest BCUT2D eigenvalue weighted by Crippen LogP contribution is -2.29. The van der Waals surface area contributed by atoms with Crippen LogP contribution in [0.15, 0.2) is 42.5 Å². The minimum atomic E-state index is -0.240. The number of benzene rings is 2. The highest BCUT2D eigenvalue weighted by molar-refractivity contribution is 5.36. The van der Waals surface area contributed by atoms with Crippen LogP contribution < -0.4 is 0 Å². The summed E-state index contributed by atoms with van der Waals surface area (Å²) >= 11 is 0. The molecule has 0 spiro atoms. The highest BCUT2D eigenvalue weighted by atomic mass is 14.4. The van der Waals surface area contributed by atoms with Crippen molar-refractivity contribution in [1.29, 1.82) is 5.26 Å². The van der Waals surface area contributed by atoms with Gasteiger partial charge in [-0.25, -0.2) is 0 Å². The first-order valence-electron chi connectivity index (χ1n) is 7.66. The Labute approximate surface area is 127 Å². The van der Waals surface area contributed by atoms with Gasteiger partial charge in [0.05, 0.1) is 11.5 Å². The van der Waals surface area contributed by atoms with Crippen molar-refractivity contribution in [1.82, 2.24) is 0 Å². The summed E-state index contributed by atoms with van der Waals surface area (Å²) in [6.45, 7) is 4.28. The molecule has 1 atom stereocenters. The Morgan fingerprint density at radius 1 is 1.05 bits per heavy atom. The van der Waals surface area contributed by atoms with Crippen LogP contribution in [0.25, 0.3) is 0 Å². The minimum Gasteiger partial charge on any atom is -0.198 e. The van der Waals surface area contributed by atoms with Gasteiger partial charge in [-0.2, -0.15) is 5.26 Å². The molecule has 2 aromatic rings. The van der Waals surface area contributed by atoms with Crippen LogP contribution in [-0.4, -0.2) is 0 Å². The summed E-state index contributed by atoms with van der Waals surface area (Å²) in [6.07, 6.45) is 3.73. The highest BCUT2D eigenvalue weighted by Gasteiger charge is 2.34. The molecule has 2 aromatic carbocycles. The molecule has 106 valence electrons. The molecule has 0 fully saturated rings. The van der Waals surface area contributed by atoms with Crippen LogP contribution >= 0.6 is 0 Å². The largest absolute Gasteiger partial charge is 0.198 e. The van der Waals surface area contributed by atoms with E-state index in [-0.39, 0.29) is 5.41 Å². The van der Waals surface area contributed by atoms with Crippen molar-refractivity contribution in [2.75, 3.05) is 0 Å². The Morgan fingerprint density at radius 2 is 1.81 bits per heavy atom. The van der Waals surface area contributed by atoms with Crippen molar-refractivity contribution in [3.05, 3.63) is 70.3 Å². The zero-order valence-corrected chi connectivity index (χ0v) is 12.8. The van der Waals surface area contributed by atoms with E-state index in [0.29, 0.717) is 0 Å². The van der Waals surface area contributed by atoms with Gasteiger partial charge in [0.1, 0.15) is 0 Å². The maximum atomic E-state index is 9.80. The molecule has 0 bridgehead atoms. The number of nitrogens with zero attached hydrogens (tertiary/aromatic N) is 1. The average molecular weight is 275 g/mol. The number of nitriles is 1. The zero-order valence-electron chi connectivity index (χ0n) is 12.8. The maximum Gasteiger partial charge on any atom is 0.0696 e. The van der Waals surface area contributed by atoms with Crippen molar-refractivity contribution >= 4 is 0 Å². The summed E-state index contributed by atoms with van der Waals surface area (Å²) < 4.78 is 0. The topological polar surface area (TPSA) is 23.8 Å². The lowest BCUT2D eigenvalue weighted by Gasteiger charge is -2.32. The second-order valence-corrected chi connectivity index (χ2v) is 6.43. The van der Waals surface area contributed by atoms with Gasteiger partial charge in [0.15, 0.2) is 0 Å². The number of hydrogen-bond acceptors (Lipinski definition) is 1. The standard InChI is InChI=1S/C20H21N/c1-15-7-8-17(11-16(15)2)12-20(14-21)10-9-18-5-3-4-6-19(18)13-20/h3-8,11H,9-10,12-13H2,1-2H3. The molecule has 0 saturated carbocycles. The Bertz CT molecular complexity index is 708. The van der Waals surface area contributed by atoms with Gasteiger partial charge in [0, 0.05) is 0 Å². The molecule has 0 aliphatic heterocycles. The summed E-state index contributed by atoms with van der Waals surface area (Å²) in [6, 6.07) is 17.8. The van der Waals surface area contributed by atoms with Gasteiger partial charge in [-0.05, 0) is 67.3 Å². The van der Waals surface area contributed by atoms with Crippen LogP contribution in [0, 0.1) is 30.6 Å². The number of aryl methyl sites for hydroxylation is 3. The van der Waals surface area contributed by atoms with Crippen LogP contribution in [0.4, 0.5) is 0 Å². The zero-order chi connectivity index (χ0) is 14.9. The molecule has 0 saturated heterocycles. The van der Waals surface area contributed by atoms with E-state index in [1.165, 1.54) is 27.8 Å². The average Bonchev–Trinajstić information content (AvgIpc) is 2.51. The van der Waals surface area contributed by atoms with E-state index in [1.807, 2.05) is 0 Å². The Balaban J connectivity index is 1.89. The number of fused-ring (bicyclic) bond motifs is 1. The molecule has 0 N–H and O–H groups in total. The normalized spacial score (nSPS) is 20.6. The van der Waals surface area contributed by atoms with E-state index in [4.69, 9.17) is 0 Å². The molecule has 0 radical (unpaired) electrons. The molecule has 0 aromatic heterocycles. The van der Waals surface area contributed by atoms with Crippen LogP contribution in [0.3, 0.4) is 0 Å². The van der Waals surface area contributed by atoms with Crippen molar-refractivity contribution in [3.63, 3.8) is 0 Å². The van der Waals surface area contributed by atoms with Crippen LogP contribution in [0.2, 0.25) is 0 Å². The van der Waals surface area contributed by atoms with Gasteiger partial charge in [-0.15, -0.1) is 0 Å². The van der Waals surface area contributed by atoms with Crippen LogP contribution in [-0.2, 0) is 19.3 Å². The lowest BCUT2D eigenvalue weighted by molar-refractivity contribution is 0.339. The Morgan fingerprint density at radius 3 is 2.52 bits per heavy atom. The van der Waals surface area contributed by atoms with E-state index in [1.54, 1.807) is 0 Å². The summed E-state index contributed by atoms with van der Waals surface area (Å²) in [5, 5.41) is 9.80. The van der Waals surface area contributed by atoms with Gasteiger partial charge in [0.2, 0.25) is 0 Å². The van der Waals surface area contributed by atoms with Gasteiger partial charge in [0.25, 0.3) is 0 Å². The van der Waals surface area contributed by atoms with E-state index >= 15 is 0 Å². The molecule has 1 aliphatic rings. The van der Waals surface area contributed by atoms with Crippen LogP contribution in [0.1, 0.15) is 34.2 Å². The molecule has 21 heavy (non-hydrogen) atoms. The van der Waals surface area contributed by atoms with Crippen molar-refractivity contribution in [2.45, 2.75) is 39.5 Å². The maximum absolute atomic E-state index is 9.80. The first kappa shape index (κ1) is 13.9. The third-order valence-corrected chi connectivity index (χ3v) is 4.87. The van der Waals surface area contributed by atoms with Gasteiger partial charge in [-0.3, -0.25) is 0 Å². The van der Waals surface area contributed by atoms with Gasteiger partial charge >= 0.3 is 0 Å². The van der Waals surface area contributed by atoms with Gasteiger partial charge in [-0.1, -0.05) is 42.5 Å². The molecule has 1 aliphatic carbocycles. The Hall–Kier alpha value is -2.07. The molecule has 0 heterocycles. The number of rotatable bonds is 2. The molecular formula is C20H21N. The third kappa shape index (κ3) is 2.72. The summed E-state index contributed by atoms with van der Waals surface area (Å²) in [7, 11) is 0. The summed E-state index contributed by atoms with van der Waals surface area (Å²) in [5.41, 5.74) is 6.46. The summed E-state index contributed by atoms with van der Waals surface area (Å²) in [4.78, 5) is 0. The molecule has 1 nitrogen and oxygen atoms in total. The van der Waals surface area contributed by atoms with E-state index in [9.17, 15) is 5.26 Å². The first-order valence-corrected chi connectivity index (χ1v) is 7.66. The predicted molar refractivity (Wildman–Crippen MR) is 86.1 cm³/mol. The molecule has 1 unspecified atom stereocenters. The smallest absolute Gasteiger partial charge is 0.0696 e. The fraction of sp³-hybridized carbons (Fsp3) is 0.350. The predicted octanol–water partition coefficient (Wildman–Crippen LogP) is 4.54. The highest BCUT2D eigenvalue weighted by Crippen LogP contribution is 2.38. The monoisotopic (exact) mass is 275 g/mol. The summed E-state index contributed by atoms with van der Waals surface area (Å²) in [5.74, 6) is 0. The van der Waals surface area contributed by atoms with Crippen LogP contribution in [0.5, 0.6) is 0 Å². The SMILES string of the molecule is Cc1ccc(CC2(C#N)CCc3ccccc3C2)cc1C. The second kappa shape index (κ2) is 5.37. The van der Waals surface area contributed by atoms with E-state index in [0.717, 1.165) is 25.7 Å². The molecule has 0 amide bonds. The minimum absolute atomic E-state index is 0.240. The Kier molecular flexibility index (Phi) is 3.55. The third-order valence-electron chi connectivity index (χ3n) is 4.87. The number of hydrogen-bond donors (Lipinski definition) is 0. The van der Waals surface area contributed by atoms with Crippen molar-refractivity contribution in [2.24, 2.45) is 5.41 Å². The molecule has 1 heteroatoms. The second-order valence-electron chi connectivity index (χ2n) is 6.43. The van der Waals surface area contributed by atoms with E-state index < -0.39 is 0 Å². The fourth-order valence-electron chi connectivity index (χ4n) is 3.39. The first-order chi connectivity index (χ1) is 10.1. The van der Waals surface area contributed by atoms with Gasteiger partial charge < -0.3 is 0 Å².